The minimum atomic E-state index is -0.442. The average Bonchev–Trinajstić information content (AvgIpc) is 2.17. The van der Waals surface area contributed by atoms with Crippen LogP contribution in [0.3, 0.4) is 0 Å². The Kier molecular flexibility index (Phi) is 2.87. The van der Waals surface area contributed by atoms with Gasteiger partial charge in [0.25, 0.3) is 5.91 Å². The van der Waals surface area contributed by atoms with Crippen molar-refractivity contribution in [3.05, 3.63) is 29.8 Å². The fourth-order valence-electron chi connectivity index (χ4n) is 0.920. The highest BCUT2D eigenvalue weighted by Crippen LogP contribution is 2.11. The first-order chi connectivity index (χ1) is 6.15. The van der Waals surface area contributed by atoms with Crippen LogP contribution in [0.15, 0.2) is 24.3 Å². The normalized spacial score (nSPS) is 9.46. The number of ether oxygens (including phenoxy) is 1. The Morgan fingerprint density at radius 1 is 1.38 bits per heavy atom. The molecule has 0 aromatic heterocycles. The smallest absolute Gasteiger partial charge is 0.276 e. The van der Waals surface area contributed by atoms with E-state index >= 15 is 0 Å². The second-order valence-corrected chi connectivity index (χ2v) is 2.56. The van der Waals surface area contributed by atoms with E-state index in [-0.39, 0.29) is 0 Å². The van der Waals surface area contributed by atoms with Crippen molar-refractivity contribution in [2.45, 2.75) is 0 Å². The van der Waals surface area contributed by atoms with Gasteiger partial charge in [0.05, 0.1) is 7.11 Å². The van der Waals surface area contributed by atoms with Crippen molar-refractivity contribution in [1.29, 1.82) is 0 Å². The Hall–Kier alpha value is -1.55. The summed E-state index contributed by atoms with van der Waals surface area (Å²) in [6, 6.07) is 6.51. The average molecular weight is 181 g/mol. The number of rotatable bonds is 2. The Morgan fingerprint density at radius 2 is 1.92 bits per heavy atom. The highest BCUT2D eigenvalue weighted by atomic mass is 16.5. The van der Waals surface area contributed by atoms with Crippen LogP contribution in [0.2, 0.25) is 0 Å². The molecule has 1 amide bonds. The predicted octanol–water partition coefficient (Wildman–Crippen LogP) is 1.16. The van der Waals surface area contributed by atoms with Crippen LogP contribution >= 0.6 is 0 Å². The monoisotopic (exact) mass is 181 g/mol. The summed E-state index contributed by atoms with van der Waals surface area (Å²) < 4.78 is 4.92. The molecule has 4 nitrogen and oxygen atoms in total. The highest BCUT2D eigenvalue weighted by molar-refractivity contribution is 5.93. The molecule has 0 aliphatic rings. The van der Waals surface area contributed by atoms with Crippen LogP contribution in [0, 0.1) is 0 Å². The maximum Gasteiger partial charge on any atom is 0.276 e. The topological polar surface area (TPSA) is 49.8 Å². The summed E-state index contributed by atoms with van der Waals surface area (Å²) in [5.41, 5.74) is 0.422. The Balaban J connectivity index is 2.86. The van der Waals surface area contributed by atoms with Crippen molar-refractivity contribution in [3.63, 3.8) is 0 Å². The molecule has 0 atom stereocenters. The largest absolute Gasteiger partial charge is 0.497 e. The fourth-order valence-corrected chi connectivity index (χ4v) is 0.920. The lowest BCUT2D eigenvalue weighted by Crippen LogP contribution is -2.22. The fraction of sp³-hybridized carbons (Fsp3) is 0.222. The molecule has 0 fully saturated rings. The molecule has 1 N–H and O–H groups in total. The number of hydrogen-bond donors (Lipinski definition) is 1. The van der Waals surface area contributed by atoms with Crippen molar-refractivity contribution < 1.29 is 14.7 Å². The molecule has 13 heavy (non-hydrogen) atoms. The number of benzene rings is 1. The maximum atomic E-state index is 11.2. The van der Waals surface area contributed by atoms with E-state index in [9.17, 15) is 4.79 Å². The Labute approximate surface area is 76.3 Å². The van der Waals surface area contributed by atoms with Crippen molar-refractivity contribution in [2.24, 2.45) is 0 Å². The van der Waals surface area contributed by atoms with Crippen LogP contribution < -0.4 is 4.74 Å². The second kappa shape index (κ2) is 3.91. The van der Waals surface area contributed by atoms with Crippen LogP contribution in [0.5, 0.6) is 5.75 Å². The number of nitrogens with zero attached hydrogens (tertiary/aromatic N) is 1. The van der Waals surface area contributed by atoms with Crippen molar-refractivity contribution in [1.82, 2.24) is 5.06 Å². The molecule has 0 heterocycles. The van der Waals surface area contributed by atoms with Crippen molar-refractivity contribution in [2.75, 3.05) is 14.2 Å². The van der Waals surface area contributed by atoms with Crippen LogP contribution in [-0.2, 0) is 0 Å². The minimum absolute atomic E-state index is 0.422. The third-order valence-corrected chi connectivity index (χ3v) is 1.63. The second-order valence-electron chi connectivity index (χ2n) is 2.56. The zero-order valence-corrected chi connectivity index (χ0v) is 7.52. The van der Waals surface area contributed by atoms with Gasteiger partial charge in [-0.05, 0) is 24.3 Å². The lowest BCUT2D eigenvalue weighted by Gasteiger charge is -2.08. The van der Waals surface area contributed by atoms with Gasteiger partial charge in [-0.15, -0.1) is 0 Å². The summed E-state index contributed by atoms with van der Waals surface area (Å²) in [7, 11) is 2.83. The standard InChI is InChI=1S/C9H11NO3/c1-10(12)9(11)7-3-5-8(13-2)6-4-7/h3-6,12H,1-2H3. The minimum Gasteiger partial charge on any atom is -0.497 e. The molecule has 0 saturated carbocycles. The van der Waals surface area contributed by atoms with E-state index < -0.39 is 5.91 Å². The quantitative estimate of drug-likeness (QED) is 0.550. The number of carbonyl (C=O) groups is 1. The first kappa shape index (κ1) is 9.54. The van der Waals surface area contributed by atoms with E-state index in [1.54, 1.807) is 31.4 Å². The Bertz CT molecular complexity index is 292. The first-order valence-corrected chi connectivity index (χ1v) is 3.76. The zero-order chi connectivity index (χ0) is 9.84. The SMILES string of the molecule is COc1ccc(C(=O)N(C)O)cc1. The third-order valence-electron chi connectivity index (χ3n) is 1.63. The lowest BCUT2D eigenvalue weighted by atomic mass is 10.2. The number of carbonyl (C=O) groups excluding carboxylic acids is 1. The molecule has 1 aromatic rings. The van der Waals surface area contributed by atoms with Gasteiger partial charge in [-0.25, -0.2) is 5.06 Å². The number of amides is 1. The molecule has 0 spiro atoms. The third kappa shape index (κ3) is 2.19. The summed E-state index contributed by atoms with van der Waals surface area (Å²) in [6.07, 6.45) is 0. The van der Waals surface area contributed by atoms with E-state index in [1.807, 2.05) is 0 Å². The molecular weight excluding hydrogens is 170 g/mol. The van der Waals surface area contributed by atoms with Crippen LogP contribution in [0.25, 0.3) is 0 Å². The Morgan fingerprint density at radius 3 is 2.31 bits per heavy atom. The molecule has 0 unspecified atom stereocenters. The van der Waals surface area contributed by atoms with E-state index in [0.717, 1.165) is 0 Å². The predicted molar refractivity (Wildman–Crippen MR) is 46.9 cm³/mol. The molecule has 1 rings (SSSR count). The summed E-state index contributed by atoms with van der Waals surface area (Å²) in [5.74, 6) is 0.236. The number of methoxy groups -OCH3 is 1. The molecule has 0 bridgehead atoms. The molecule has 0 aliphatic carbocycles. The first-order valence-electron chi connectivity index (χ1n) is 3.76. The van der Waals surface area contributed by atoms with E-state index in [0.29, 0.717) is 16.4 Å². The molecule has 0 radical (unpaired) electrons. The highest BCUT2D eigenvalue weighted by Gasteiger charge is 2.08. The summed E-state index contributed by atoms with van der Waals surface area (Å²) >= 11 is 0. The van der Waals surface area contributed by atoms with E-state index in [4.69, 9.17) is 9.94 Å². The van der Waals surface area contributed by atoms with Gasteiger partial charge < -0.3 is 4.74 Å². The molecule has 0 aliphatic heterocycles. The maximum absolute atomic E-state index is 11.2. The van der Waals surface area contributed by atoms with Crippen LogP contribution in [0.1, 0.15) is 10.4 Å². The zero-order valence-electron chi connectivity index (χ0n) is 7.52. The molecule has 4 heteroatoms. The van der Waals surface area contributed by atoms with Gasteiger partial charge in [0.15, 0.2) is 0 Å². The van der Waals surface area contributed by atoms with Gasteiger partial charge in [-0.3, -0.25) is 10.0 Å². The van der Waals surface area contributed by atoms with Crippen molar-refractivity contribution >= 4 is 5.91 Å². The van der Waals surface area contributed by atoms with Gasteiger partial charge >= 0.3 is 0 Å². The molecular formula is C9H11NO3. The van der Waals surface area contributed by atoms with Crippen LogP contribution in [-0.4, -0.2) is 30.3 Å². The van der Waals surface area contributed by atoms with E-state index in [1.165, 1.54) is 7.05 Å². The summed E-state index contributed by atoms with van der Waals surface area (Å²) in [5, 5.41) is 9.40. The number of hydroxylamine groups is 2. The van der Waals surface area contributed by atoms with Crippen LogP contribution in [0.4, 0.5) is 0 Å². The van der Waals surface area contributed by atoms with Gasteiger partial charge in [0, 0.05) is 12.6 Å². The number of hydrogen-bond acceptors (Lipinski definition) is 3. The molecule has 70 valence electrons. The molecule has 1 aromatic carbocycles. The lowest BCUT2D eigenvalue weighted by molar-refractivity contribution is -0.0374. The molecule has 0 saturated heterocycles. The van der Waals surface area contributed by atoms with Gasteiger partial charge in [-0.1, -0.05) is 0 Å². The summed E-state index contributed by atoms with van der Waals surface area (Å²) in [6.45, 7) is 0. The summed E-state index contributed by atoms with van der Waals surface area (Å²) in [4.78, 5) is 11.2. The van der Waals surface area contributed by atoms with Gasteiger partial charge in [0.2, 0.25) is 0 Å². The van der Waals surface area contributed by atoms with Crippen molar-refractivity contribution in [3.8, 4) is 5.75 Å². The van der Waals surface area contributed by atoms with E-state index in [2.05, 4.69) is 0 Å². The van der Waals surface area contributed by atoms with Gasteiger partial charge in [0.1, 0.15) is 5.75 Å². The van der Waals surface area contributed by atoms with Gasteiger partial charge in [-0.2, -0.15) is 0 Å².